The molecule has 86 valence electrons. The molecule has 3 rings (SSSR count). The fraction of sp³-hybridized carbons (Fsp3) is 0.154. The summed E-state index contributed by atoms with van der Waals surface area (Å²) in [5.74, 6) is 0. The molecule has 17 heavy (non-hydrogen) atoms. The number of benzene rings is 1. The van der Waals surface area contributed by atoms with Crippen LogP contribution in [-0.4, -0.2) is 16.8 Å². The van der Waals surface area contributed by atoms with E-state index in [-0.39, 0.29) is 0 Å². The van der Waals surface area contributed by atoms with Crippen molar-refractivity contribution in [1.82, 2.24) is 4.57 Å². The maximum atomic E-state index is 4.66. The normalized spacial score (nSPS) is 14.4. The third kappa shape index (κ3) is 1.89. The number of nitrogens with zero attached hydrogens (tertiary/aromatic N) is 2. The number of hydrogen-bond donors (Lipinski definition) is 0. The van der Waals surface area contributed by atoms with Gasteiger partial charge in [0, 0.05) is 16.6 Å². The molecular weight excluding hydrogens is 344 g/mol. The van der Waals surface area contributed by atoms with Crippen LogP contribution in [0.4, 0.5) is 0 Å². The van der Waals surface area contributed by atoms with Gasteiger partial charge in [-0.3, -0.25) is 4.99 Å². The van der Waals surface area contributed by atoms with E-state index in [1.165, 1.54) is 5.56 Å². The van der Waals surface area contributed by atoms with E-state index in [1.807, 2.05) is 18.2 Å². The molecule has 1 aromatic carbocycles. The summed E-state index contributed by atoms with van der Waals surface area (Å²) in [6.07, 6.45) is 0. The van der Waals surface area contributed by atoms with E-state index < -0.39 is 0 Å². The molecule has 0 N–H and O–H groups in total. The maximum absolute atomic E-state index is 4.66. The van der Waals surface area contributed by atoms with Gasteiger partial charge in [-0.15, -0.1) is 0 Å². The third-order valence-corrected chi connectivity index (χ3v) is 4.13. The zero-order valence-corrected chi connectivity index (χ0v) is 12.2. The minimum Gasteiger partial charge on any atom is -0.331 e. The van der Waals surface area contributed by atoms with Gasteiger partial charge in [0.1, 0.15) is 0 Å². The van der Waals surface area contributed by atoms with Gasteiger partial charge < -0.3 is 4.57 Å². The quantitative estimate of drug-likeness (QED) is 0.740. The van der Waals surface area contributed by atoms with Gasteiger partial charge in [-0.1, -0.05) is 30.3 Å². The van der Waals surface area contributed by atoms with Crippen molar-refractivity contribution in [1.29, 1.82) is 0 Å². The number of fused-ring (bicyclic) bond motifs is 1. The smallest absolute Gasteiger partial charge is 0.0896 e. The Kier molecular flexibility index (Phi) is 2.92. The van der Waals surface area contributed by atoms with Crippen molar-refractivity contribution >= 4 is 37.6 Å². The first-order valence-corrected chi connectivity index (χ1v) is 7.01. The van der Waals surface area contributed by atoms with Gasteiger partial charge in [-0.2, -0.15) is 0 Å². The SMILES string of the molecule is Brc1cc(Br)n2c1C(c1ccccc1)=NCC2. The summed E-state index contributed by atoms with van der Waals surface area (Å²) in [6.45, 7) is 1.76. The molecule has 0 aliphatic carbocycles. The van der Waals surface area contributed by atoms with Crippen molar-refractivity contribution in [2.75, 3.05) is 6.54 Å². The number of aliphatic imine (C=N–C) groups is 1. The highest BCUT2D eigenvalue weighted by atomic mass is 79.9. The fourth-order valence-corrected chi connectivity index (χ4v) is 3.62. The van der Waals surface area contributed by atoms with Gasteiger partial charge in [0.25, 0.3) is 0 Å². The van der Waals surface area contributed by atoms with Crippen LogP contribution in [0.1, 0.15) is 11.3 Å². The molecular formula is C13H10Br2N2. The minimum atomic E-state index is 0.830. The molecule has 4 heteroatoms. The maximum Gasteiger partial charge on any atom is 0.0896 e. The Bertz CT molecular complexity index is 585. The Labute approximate surface area is 117 Å². The molecule has 0 bridgehead atoms. The van der Waals surface area contributed by atoms with Gasteiger partial charge in [-0.05, 0) is 37.9 Å². The summed E-state index contributed by atoms with van der Waals surface area (Å²) in [5.41, 5.74) is 3.39. The van der Waals surface area contributed by atoms with E-state index >= 15 is 0 Å². The van der Waals surface area contributed by atoms with Crippen molar-refractivity contribution in [3.63, 3.8) is 0 Å². The van der Waals surface area contributed by atoms with Crippen molar-refractivity contribution in [3.05, 3.63) is 56.7 Å². The molecule has 0 saturated carbocycles. The molecule has 1 aliphatic rings. The molecule has 0 spiro atoms. The van der Waals surface area contributed by atoms with Crippen LogP contribution in [0.15, 0.2) is 50.5 Å². The van der Waals surface area contributed by atoms with E-state index in [1.54, 1.807) is 0 Å². The lowest BCUT2D eigenvalue weighted by Crippen LogP contribution is -2.19. The Morgan fingerprint density at radius 2 is 1.88 bits per heavy atom. The van der Waals surface area contributed by atoms with E-state index in [0.717, 1.165) is 33.6 Å². The first-order valence-electron chi connectivity index (χ1n) is 5.42. The van der Waals surface area contributed by atoms with Gasteiger partial charge in [0.15, 0.2) is 0 Å². The molecule has 2 nitrogen and oxygen atoms in total. The molecule has 1 aromatic heterocycles. The average Bonchev–Trinajstić information content (AvgIpc) is 2.66. The van der Waals surface area contributed by atoms with Crippen LogP contribution in [0.25, 0.3) is 0 Å². The minimum absolute atomic E-state index is 0.830. The predicted octanol–water partition coefficient (Wildman–Crippen LogP) is 3.86. The molecule has 2 heterocycles. The second kappa shape index (κ2) is 4.42. The lowest BCUT2D eigenvalue weighted by atomic mass is 10.1. The summed E-state index contributed by atoms with van der Waals surface area (Å²) in [7, 11) is 0. The average molecular weight is 354 g/mol. The van der Waals surface area contributed by atoms with E-state index in [0.29, 0.717) is 0 Å². The summed E-state index contributed by atoms with van der Waals surface area (Å²) in [6, 6.07) is 12.4. The third-order valence-electron chi connectivity index (χ3n) is 2.86. The van der Waals surface area contributed by atoms with Crippen molar-refractivity contribution in [3.8, 4) is 0 Å². The van der Waals surface area contributed by atoms with Crippen molar-refractivity contribution in [2.45, 2.75) is 6.54 Å². The Morgan fingerprint density at radius 3 is 2.65 bits per heavy atom. The summed E-state index contributed by atoms with van der Waals surface area (Å²) in [5, 5.41) is 0. The lowest BCUT2D eigenvalue weighted by molar-refractivity contribution is 0.677. The van der Waals surface area contributed by atoms with E-state index in [9.17, 15) is 0 Å². The molecule has 0 fully saturated rings. The van der Waals surface area contributed by atoms with Crippen LogP contribution in [0, 0.1) is 0 Å². The number of rotatable bonds is 1. The zero-order valence-electron chi connectivity index (χ0n) is 9.03. The molecule has 0 radical (unpaired) electrons. The molecule has 0 unspecified atom stereocenters. The second-order valence-corrected chi connectivity index (χ2v) is 5.58. The zero-order chi connectivity index (χ0) is 11.8. The second-order valence-electron chi connectivity index (χ2n) is 3.91. The van der Waals surface area contributed by atoms with E-state index in [2.05, 4.69) is 59.6 Å². The van der Waals surface area contributed by atoms with Crippen molar-refractivity contribution in [2.24, 2.45) is 4.99 Å². The van der Waals surface area contributed by atoms with Gasteiger partial charge in [0.2, 0.25) is 0 Å². The van der Waals surface area contributed by atoms with Crippen LogP contribution in [0.3, 0.4) is 0 Å². The fourth-order valence-electron chi connectivity index (χ4n) is 2.11. The molecule has 0 atom stereocenters. The van der Waals surface area contributed by atoms with Crippen LogP contribution < -0.4 is 0 Å². The largest absolute Gasteiger partial charge is 0.331 e. The Hall–Kier alpha value is -0.870. The van der Waals surface area contributed by atoms with Crippen LogP contribution in [0.2, 0.25) is 0 Å². The first kappa shape index (κ1) is 11.2. The molecule has 2 aromatic rings. The van der Waals surface area contributed by atoms with Gasteiger partial charge >= 0.3 is 0 Å². The lowest BCUT2D eigenvalue weighted by Gasteiger charge is -2.18. The Morgan fingerprint density at radius 1 is 1.12 bits per heavy atom. The number of aromatic nitrogens is 1. The van der Waals surface area contributed by atoms with Crippen LogP contribution >= 0.6 is 31.9 Å². The van der Waals surface area contributed by atoms with Crippen LogP contribution in [0.5, 0.6) is 0 Å². The van der Waals surface area contributed by atoms with Gasteiger partial charge in [-0.25, -0.2) is 0 Å². The molecule has 0 amide bonds. The number of hydrogen-bond acceptors (Lipinski definition) is 1. The summed E-state index contributed by atoms with van der Waals surface area (Å²) < 4.78 is 4.44. The standard InChI is InChI=1S/C13H10Br2N2/c14-10-8-11(15)17-7-6-16-12(13(10)17)9-4-2-1-3-5-9/h1-5,8H,6-7H2. The first-order chi connectivity index (χ1) is 8.27. The monoisotopic (exact) mass is 352 g/mol. The van der Waals surface area contributed by atoms with E-state index in [4.69, 9.17) is 0 Å². The topological polar surface area (TPSA) is 17.3 Å². The molecule has 0 saturated heterocycles. The highest BCUT2D eigenvalue weighted by Crippen LogP contribution is 2.30. The highest BCUT2D eigenvalue weighted by molar-refractivity contribution is 9.11. The highest BCUT2D eigenvalue weighted by Gasteiger charge is 2.21. The Balaban J connectivity index is 2.18. The van der Waals surface area contributed by atoms with Crippen molar-refractivity contribution < 1.29 is 0 Å². The summed E-state index contributed by atoms with van der Waals surface area (Å²) in [4.78, 5) is 4.66. The summed E-state index contributed by atoms with van der Waals surface area (Å²) >= 11 is 7.19. The predicted molar refractivity (Wildman–Crippen MR) is 76.8 cm³/mol. The molecule has 1 aliphatic heterocycles. The van der Waals surface area contributed by atoms with Gasteiger partial charge in [0.05, 0.1) is 22.6 Å². The van der Waals surface area contributed by atoms with Crippen LogP contribution in [-0.2, 0) is 6.54 Å². The number of halogens is 2.